The molecule has 1 saturated heterocycles. The maximum Gasteiger partial charge on any atom is 0.220 e. The Hall–Kier alpha value is -0.810. The van der Waals surface area contributed by atoms with Gasteiger partial charge in [-0.05, 0) is 12.8 Å². The normalized spacial score (nSPS) is 23.0. The fourth-order valence-electron chi connectivity index (χ4n) is 6.28. The molecular weight excluding hydrogens is 586 g/mol. The Balaban J connectivity index is 2.36. The number of unbranched alkanes of at least 4 members (excludes halogenated alkanes) is 21. The molecule has 46 heavy (non-hydrogen) atoms. The molecule has 0 aromatic carbocycles. The zero-order valence-electron chi connectivity index (χ0n) is 29.6. The predicted octanol–water partition coefficient (Wildman–Crippen LogP) is 6.44. The number of aliphatic hydroxyl groups excluding tert-OH is 5. The maximum absolute atomic E-state index is 12.8. The highest BCUT2D eigenvalue weighted by molar-refractivity contribution is 5.76. The van der Waals surface area contributed by atoms with Gasteiger partial charge in [-0.15, -0.1) is 0 Å². The molecule has 0 aromatic heterocycles. The van der Waals surface area contributed by atoms with Crippen molar-refractivity contribution in [2.24, 2.45) is 0 Å². The Morgan fingerprint density at radius 1 is 0.652 bits per heavy atom. The first-order valence-corrected chi connectivity index (χ1v) is 19.2. The van der Waals surface area contributed by atoms with E-state index in [2.05, 4.69) is 19.2 Å². The topological polar surface area (TPSA) is 149 Å². The molecule has 0 aliphatic carbocycles. The van der Waals surface area contributed by atoms with Gasteiger partial charge >= 0.3 is 0 Å². The Labute approximate surface area is 281 Å². The lowest BCUT2D eigenvalue weighted by Gasteiger charge is -2.40. The summed E-state index contributed by atoms with van der Waals surface area (Å²) in [6.45, 7) is 3.77. The molecule has 1 rings (SSSR count). The molecule has 1 aliphatic heterocycles. The van der Waals surface area contributed by atoms with Crippen molar-refractivity contribution in [2.75, 3.05) is 13.2 Å². The molecule has 1 heterocycles. The molecule has 9 heteroatoms. The van der Waals surface area contributed by atoms with Crippen LogP contribution in [-0.2, 0) is 14.3 Å². The highest BCUT2D eigenvalue weighted by Crippen LogP contribution is 2.23. The molecule has 0 radical (unpaired) electrons. The first-order chi connectivity index (χ1) is 22.3. The summed E-state index contributed by atoms with van der Waals surface area (Å²) in [6.07, 6.45) is 21.3. The molecule has 0 saturated carbocycles. The summed E-state index contributed by atoms with van der Waals surface area (Å²) in [5.41, 5.74) is 0. The van der Waals surface area contributed by atoms with Crippen molar-refractivity contribution in [1.29, 1.82) is 0 Å². The average Bonchev–Trinajstić information content (AvgIpc) is 3.05. The van der Waals surface area contributed by atoms with Crippen LogP contribution in [0.15, 0.2) is 0 Å². The van der Waals surface area contributed by atoms with Gasteiger partial charge in [0.05, 0.1) is 25.4 Å². The molecule has 6 N–H and O–H groups in total. The molecule has 0 spiro atoms. The monoisotopic (exact) mass is 660 g/mol. The van der Waals surface area contributed by atoms with E-state index in [1.807, 2.05) is 0 Å². The quantitative estimate of drug-likeness (QED) is 0.0466. The first-order valence-electron chi connectivity index (χ1n) is 19.2. The van der Waals surface area contributed by atoms with Gasteiger partial charge in [-0.1, -0.05) is 155 Å². The van der Waals surface area contributed by atoms with Crippen molar-refractivity contribution in [1.82, 2.24) is 5.32 Å². The molecule has 2 unspecified atom stereocenters. The number of amides is 1. The number of hydrogen-bond donors (Lipinski definition) is 6. The molecule has 0 aromatic rings. The lowest BCUT2D eigenvalue weighted by atomic mass is 9.99. The van der Waals surface area contributed by atoms with Gasteiger partial charge in [0.15, 0.2) is 6.29 Å². The molecule has 1 amide bonds. The number of aliphatic hydroxyl groups is 5. The third-order valence-corrected chi connectivity index (χ3v) is 9.46. The predicted molar refractivity (Wildman–Crippen MR) is 184 cm³/mol. The zero-order chi connectivity index (χ0) is 33.8. The number of nitrogens with one attached hydrogen (secondary N) is 1. The van der Waals surface area contributed by atoms with Crippen molar-refractivity contribution in [2.45, 2.75) is 217 Å². The maximum atomic E-state index is 12.8. The van der Waals surface area contributed by atoms with E-state index in [4.69, 9.17) is 9.47 Å². The van der Waals surface area contributed by atoms with Crippen LogP contribution in [0.1, 0.15) is 174 Å². The van der Waals surface area contributed by atoms with Crippen LogP contribution >= 0.6 is 0 Å². The Morgan fingerprint density at radius 3 is 1.54 bits per heavy atom. The first kappa shape index (κ1) is 43.2. The van der Waals surface area contributed by atoms with E-state index in [0.717, 1.165) is 38.5 Å². The van der Waals surface area contributed by atoms with E-state index in [-0.39, 0.29) is 12.5 Å². The van der Waals surface area contributed by atoms with Gasteiger partial charge in [-0.25, -0.2) is 0 Å². The van der Waals surface area contributed by atoms with Crippen LogP contribution < -0.4 is 5.32 Å². The van der Waals surface area contributed by atoms with Gasteiger partial charge in [0.2, 0.25) is 5.91 Å². The van der Waals surface area contributed by atoms with Crippen LogP contribution in [0.25, 0.3) is 0 Å². The van der Waals surface area contributed by atoms with Gasteiger partial charge in [0.1, 0.15) is 24.4 Å². The number of carbonyl (C=O) groups is 1. The molecular formula is C37H73NO8. The minimum absolute atomic E-state index is 0.133. The summed E-state index contributed by atoms with van der Waals surface area (Å²) in [6, 6.07) is -0.708. The van der Waals surface area contributed by atoms with Crippen molar-refractivity contribution in [3.63, 3.8) is 0 Å². The van der Waals surface area contributed by atoms with E-state index in [9.17, 15) is 30.3 Å². The van der Waals surface area contributed by atoms with Crippen LogP contribution in [0.3, 0.4) is 0 Å². The fourth-order valence-corrected chi connectivity index (χ4v) is 6.28. The lowest BCUT2D eigenvalue weighted by Crippen LogP contribution is -2.60. The number of hydrogen-bond acceptors (Lipinski definition) is 8. The number of rotatable bonds is 31. The minimum Gasteiger partial charge on any atom is -0.394 e. The summed E-state index contributed by atoms with van der Waals surface area (Å²) < 4.78 is 11.2. The van der Waals surface area contributed by atoms with Gasteiger partial charge in [-0.2, -0.15) is 0 Å². The van der Waals surface area contributed by atoms with Crippen LogP contribution in [-0.4, -0.2) is 87.5 Å². The third-order valence-electron chi connectivity index (χ3n) is 9.46. The summed E-state index contributed by atoms with van der Waals surface area (Å²) >= 11 is 0. The summed E-state index contributed by atoms with van der Waals surface area (Å²) in [5, 5.41) is 53.9. The SMILES string of the molecule is CCCCCCCCCCCCCCCCCC[C@@H](O)[C@H](CO[C@@H]1O[C@H](CO)[C@H](O)C(O)C1O)NC(=O)CCCCCCCCC. The summed E-state index contributed by atoms with van der Waals surface area (Å²) in [5.74, 6) is -0.151. The van der Waals surface area contributed by atoms with Gasteiger partial charge in [-0.3, -0.25) is 4.79 Å². The Bertz CT molecular complexity index is 696. The van der Waals surface area contributed by atoms with Crippen LogP contribution in [0.5, 0.6) is 0 Å². The average molecular weight is 660 g/mol. The standard InChI is InChI=1S/C37H73NO8/c1-3-5-7-9-11-12-13-14-15-16-17-18-19-21-22-24-26-31(40)30(38-33(41)27-25-23-20-10-8-6-4-2)29-45-37-36(44)35(43)34(42)32(28-39)46-37/h30-32,34-37,39-40,42-44H,3-29H2,1-2H3,(H,38,41)/t30-,31+,32+,34-,35?,36?,37+/m0/s1. The minimum atomic E-state index is -1.55. The second-order valence-electron chi connectivity index (χ2n) is 13.7. The highest BCUT2D eigenvalue weighted by atomic mass is 16.7. The van der Waals surface area contributed by atoms with E-state index >= 15 is 0 Å². The van der Waals surface area contributed by atoms with Crippen molar-refractivity contribution in [3.05, 3.63) is 0 Å². The van der Waals surface area contributed by atoms with Gasteiger partial charge < -0.3 is 40.3 Å². The lowest BCUT2D eigenvalue weighted by molar-refractivity contribution is -0.302. The molecule has 274 valence electrons. The summed E-state index contributed by atoms with van der Waals surface area (Å²) in [4.78, 5) is 12.8. The van der Waals surface area contributed by atoms with Crippen LogP contribution in [0, 0.1) is 0 Å². The second kappa shape index (κ2) is 29.1. The van der Waals surface area contributed by atoms with E-state index in [1.54, 1.807) is 0 Å². The third kappa shape index (κ3) is 20.5. The molecule has 9 nitrogen and oxygen atoms in total. The molecule has 0 bridgehead atoms. The zero-order valence-corrected chi connectivity index (χ0v) is 29.6. The largest absolute Gasteiger partial charge is 0.394 e. The molecule has 1 fully saturated rings. The Morgan fingerprint density at radius 2 is 1.09 bits per heavy atom. The smallest absolute Gasteiger partial charge is 0.220 e. The van der Waals surface area contributed by atoms with E-state index in [0.29, 0.717) is 12.8 Å². The Kier molecular flexibility index (Phi) is 27.4. The van der Waals surface area contributed by atoms with E-state index in [1.165, 1.54) is 109 Å². The van der Waals surface area contributed by atoms with Gasteiger partial charge in [0, 0.05) is 6.42 Å². The highest BCUT2D eigenvalue weighted by Gasteiger charge is 2.44. The molecule has 7 atom stereocenters. The molecule has 1 aliphatic rings. The number of carbonyl (C=O) groups excluding carboxylic acids is 1. The van der Waals surface area contributed by atoms with Crippen molar-refractivity contribution in [3.8, 4) is 0 Å². The number of ether oxygens (including phenoxy) is 2. The van der Waals surface area contributed by atoms with E-state index < -0.39 is 49.5 Å². The summed E-state index contributed by atoms with van der Waals surface area (Å²) in [7, 11) is 0. The second-order valence-corrected chi connectivity index (χ2v) is 13.7. The van der Waals surface area contributed by atoms with Crippen LogP contribution in [0.4, 0.5) is 0 Å². The fraction of sp³-hybridized carbons (Fsp3) is 0.973. The van der Waals surface area contributed by atoms with Crippen molar-refractivity contribution >= 4 is 5.91 Å². The van der Waals surface area contributed by atoms with Crippen LogP contribution in [0.2, 0.25) is 0 Å². The van der Waals surface area contributed by atoms with Crippen molar-refractivity contribution < 1.29 is 39.8 Å². The van der Waals surface area contributed by atoms with Gasteiger partial charge in [0.25, 0.3) is 0 Å².